The van der Waals surface area contributed by atoms with Crippen LogP contribution in [0.1, 0.15) is 15.9 Å². The van der Waals surface area contributed by atoms with Gasteiger partial charge in [0.25, 0.3) is 5.91 Å². The normalized spacial score (nSPS) is 10.6. The van der Waals surface area contributed by atoms with Crippen molar-refractivity contribution >= 4 is 27.5 Å². The average molecular weight is 362 g/mol. The minimum atomic E-state index is -1.66. The SMILES string of the molecule is Cc1c(Br)cccc1C(=O)Nc1c(F)c(F)cc(F)c1F. The predicted octanol–water partition coefficient (Wildman–Crippen LogP) is 4.57. The highest BCUT2D eigenvalue weighted by Crippen LogP contribution is 2.26. The lowest BCUT2D eigenvalue weighted by Gasteiger charge is -2.11. The van der Waals surface area contributed by atoms with E-state index in [4.69, 9.17) is 0 Å². The number of hydrogen-bond donors (Lipinski definition) is 1. The summed E-state index contributed by atoms with van der Waals surface area (Å²) in [7, 11) is 0. The summed E-state index contributed by atoms with van der Waals surface area (Å²) in [5.74, 6) is -7.37. The summed E-state index contributed by atoms with van der Waals surface area (Å²) in [6, 6.07) is 4.71. The fourth-order valence-electron chi connectivity index (χ4n) is 1.72. The number of anilines is 1. The lowest BCUT2D eigenvalue weighted by Crippen LogP contribution is -2.17. The molecule has 0 saturated heterocycles. The molecule has 0 atom stereocenters. The van der Waals surface area contributed by atoms with Gasteiger partial charge in [-0.25, -0.2) is 17.6 Å². The molecule has 0 unspecified atom stereocenters. The molecule has 0 aliphatic rings. The van der Waals surface area contributed by atoms with Crippen LogP contribution in [0.5, 0.6) is 0 Å². The van der Waals surface area contributed by atoms with Gasteiger partial charge >= 0.3 is 0 Å². The Morgan fingerprint density at radius 3 is 2.24 bits per heavy atom. The van der Waals surface area contributed by atoms with Crippen molar-refractivity contribution in [2.75, 3.05) is 5.32 Å². The summed E-state index contributed by atoms with van der Waals surface area (Å²) in [6.07, 6.45) is 0. The van der Waals surface area contributed by atoms with Gasteiger partial charge in [-0.15, -0.1) is 0 Å². The summed E-state index contributed by atoms with van der Waals surface area (Å²) in [6.45, 7) is 1.61. The Morgan fingerprint density at radius 2 is 1.67 bits per heavy atom. The van der Waals surface area contributed by atoms with E-state index in [2.05, 4.69) is 15.9 Å². The summed E-state index contributed by atoms with van der Waals surface area (Å²) in [5, 5.41) is 1.85. The van der Waals surface area contributed by atoms with Gasteiger partial charge in [0.1, 0.15) is 5.69 Å². The van der Waals surface area contributed by atoms with Gasteiger partial charge in [0.05, 0.1) is 0 Å². The summed E-state index contributed by atoms with van der Waals surface area (Å²) >= 11 is 3.20. The molecule has 0 heterocycles. The van der Waals surface area contributed by atoms with E-state index >= 15 is 0 Å². The Morgan fingerprint density at radius 1 is 1.10 bits per heavy atom. The van der Waals surface area contributed by atoms with E-state index in [1.807, 2.05) is 5.32 Å². The van der Waals surface area contributed by atoms with Gasteiger partial charge in [-0.2, -0.15) is 0 Å². The first-order chi connectivity index (χ1) is 9.82. The second-order valence-electron chi connectivity index (χ2n) is 4.21. The molecule has 110 valence electrons. The third kappa shape index (κ3) is 2.92. The minimum Gasteiger partial charge on any atom is -0.317 e. The highest BCUT2D eigenvalue weighted by molar-refractivity contribution is 9.10. The van der Waals surface area contributed by atoms with Crippen LogP contribution in [0.25, 0.3) is 0 Å². The maximum atomic E-state index is 13.5. The molecule has 1 amide bonds. The van der Waals surface area contributed by atoms with E-state index in [1.54, 1.807) is 19.1 Å². The zero-order valence-electron chi connectivity index (χ0n) is 10.6. The Labute approximate surface area is 125 Å². The van der Waals surface area contributed by atoms with Crippen molar-refractivity contribution in [2.45, 2.75) is 6.92 Å². The molecule has 2 aromatic rings. The third-order valence-electron chi connectivity index (χ3n) is 2.86. The lowest BCUT2D eigenvalue weighted by molar-refractivity contribution is 0.102. The van der Waals surface area contributed by atoms with Crippen LogP contribution in [-0.2, 0) is 0 Å². The molecule has 0 spiro atoms. The molecule has 0 bridgehead atoms. The molecular weight excluding hydrogens is 354 g/mol. The monoisotopic (exact) mass is 361 g/mol. The van der Waals surface area contributed by atoms with Crippen molar-refractivity contribution in [3.8, 4) is 0 Å². The highest BCUT2D eigenvalue weighted by atomic mass is 79.9. The number of rotatable bonds is 2. The van der Waals surface area contributed by atoms with Crippen LogP contribution in [0, 0.1) is 30.2 Å². The van der Waals surface area contributed by atoms with Gasteiger partial charge in [0, 0.05) is 16.1 Å². The van der Waals surface area contributed by atoms with E-state index < -0.39 is 34.9 Å². The summed E-state index contributed by atoms with van der Waals surface area (Å²) in [4.78, 5) is 12.0. The van der Waals surface area contributed by atoms with Crippen molar-refractivity contribution in [3.05, 3.63) is 63.1 Å². The van der Waals surface area contributed by atoms with Gasteiger partial charge in [-0.3, -0.25) is 4.79 Å². The van der Waals surface area contributed by atoms with Crippen LogP contribution in [0.3, 0.4) is 0 Å². The number of halogens is 5. The van der Waals surface area contributed by atoms with Crippen molar-refractivity contribution in [2.24, 2.45) is 0 Å². The molecule has 0 aliphatic heterocycles. The molecule has 0 fully saturated rings. The molecule has 21 heavy (non-hydrogen) atoms. The third-order valence-corrected chi connectivity index (χ3v) is 3.72. The minimum absolute atomic E-state index is 0.0741. The van der Waals surface area contributed by atoms with Gasteiger partial charge < -0.3 is 5.32 Å². The van der Waals surface area contributed by atoms with Gasteiger partial charge in [0.2, 0.25) is 0 Å². The molecule has 0 saturated carbocycles. The van der Waals surface area contributed by atoms with E-state index in [9.17, 15) is 22.4 Å². The van der Waals surface area contributed by atoms with Crippen molar-refractivity contribution in [1.29, 1.82) is 0 Å². The smallest absolute Gasteiger partial charge is 0.256 e. The van der Waals surface area contributed by atoms with Crippen molar-refractivity contribution in [1.82, 2.24) is 0 Å². The predicted molar refractivity (Wildman–Crippen MR) is 73.1 cm³/mol. The van der Waals surface area contributed by atoms with Crippen LogP contribution < -0.4 is 5.32 Å². The first kappa shape index (κ1) is 15.5. The van der Waals surface area contributed by atoms with E-state index in [0.717, 1.165) is 0 Å². The Hall–Kier alpha value is -1.89. The maximum absolute atomic E-state index is 13.5. The number of hydrogen-bond acceptors (Lipinski definition) is 1. The lowest BCUT2D eigenvalue weighted by atomic mass is 10.1. The number of benzene rings is 2. The van der Waals surface area contributed by atoms with Crippen LogP contribution in [0.4, 0.5) is 23.2 Å². The Bertz CT molecular complexity index is 707. The molecule has 2 aromatic carbocycles. The average Bonchev–Trinajstić information content (AvgIpc) is 2.44. The maximum Gasteiger partial charge on any atom is 0.256 e. The molecule has 0 radical (unpaired) electrons. The van der Waals surface area contributed by atoms with Crippen LogP contribution >= 0.6 is 15.9 Å². The van der Waals surface area contributed by atoms with Gasteiger partial charge in [0.15, 0.2) is 23.3 Å². The Kier molecular flexibility index (Phi) is 4.32. The van der Waals surface area contributed by atoms with E-state index in [0.29, 0.717) is 10.0 Å². The molecule has 2 rings (SSSR count). The first-order valence-corrected chi connectivity index (χ1v) is 6.51. The van der Waals surface area contributed by atoms with Crippen LogP contribution in [-0.4, -0.2) is 5.91 Å². The topological polar surface area (TPSA) is 29.1 Å². The molecule has 1 N–H and O–H groups in total. The second kappa shape index (κ2) is 5.85. The summed E-state index contributed by atoms with van der Waals surface area (Å²) in [5.41, 5.74) is -0.516. The molecule has 7 heteroatoms. The van der Waals surface area contributed by atoms with Crippen molar-refractivity contribution in [3.63, 3.8) is 0 Å². The number of amides is 1. The highest BCUT2D eigenvalue weighted by Gasteiger charge is 2.22. The summed E-state index contributed by atoms with van der Waals surface area (Å²) < 4.78 is 53.7. The van der Waals surface area contributed by atoms with E-state index in [-0.39, 0.29) is 11.6 Å². The fourth-order valence-corrected chi connectivity index (χ4v) is 2.08. The quantitative estimate of drug-likeness (QED) is 0.616. The van der Waals surface area contributed by atoms with Crippen LogP contribution in [0.2, 0.25) is 0 Å². The van der Waals surface area contributed by atoms with Crippen LogP contribution in [0.15, 0.2) is 28.7 Å². The molecule has 0 aromatic heterocycles. The number of carbonyl (C=O) groups is 1. The number of nitrogens with one attached hydrogen (secondary N) is 1. The van der Waals surface area contributed by atoms with Crippen molar-refractivity contribution < 1.29 is 22.4 Å². The second-order valence-corrected chi connectivity index (χ2v) is 5.06. The molecule has 0 aliphatic carbocycles. The van der Waals surface area contributed by atoms with E-state index in [1.165, 1.54) is 6.07 Å². The Balaban J connectivity index is 2.43. The number of carbonyl (C=O) groups excluding carboxylic acids is 1. The molecule has 2 nitrogen and oxygen atoms in total. The van der Waals surface area contributed by atoms with Gasteiger partial charge in [-0.05, 0) is 24.6 Å². The fraction of sp³-hybridized carbons (Fsp3) is 0.0714. The zero-order chi connectivity index (χ0) is 15.7. The zero-order valence-corrected chi connectivity index (χ0v) is 12.2. The molecular formula is C14H8BrF4NO. The first-order valence-electron chi connectivity index (χ1n) is 5.72. The van der Waals surface area contributed by atoms with Gasteiger partial charge in [-0.1, -0.05) is 22.0 Å². The largest absolute Gasteiger partial charge is 0.317 e. The standard InChI is InChI=1S/C14H8BrF4NO/c1-6-7(3-2-4-8(6)15)14(21)20-13-11(18)9(16)5-10(17)12(13)19/h2-5H,1H3,(H,20,21).